The van der Waals surface area contributed by atoms with Crippen molar-refractivity contribution < 1.29 is 34.1 Å². The second kappa shape index (κ2) is 18.7. The summed E-state index contributed by atoms with van der Waals surface area (Å²) in [5, 5.41) is 2.01. The number of hydrogen-bond acceptors (Lipinski definition) is 3. The van der Waals surface area contributed by atoms with Crippen LogP contribution in [-0.2, 0) is 20.1 Å². The molecule has 0 N–H and O–H groups in total. The van der Waals surface area contributed by atoms with Crippen LogP contribution in [0, 0.1) is 19.0 Å². The van der Waals surface area contributed by atoms with Gasteiger partial charge >= 0.3 is 113 Å². The number of rotatable bonds is 8. The monoisotopic (exact) mass is 1080 g/mol. The standard InChI is InChI=1S/C43H35N2O.C15H18GeN.Ir/c1-27(2)36-24-32(30-16-9-6-10-17-30)25-37(28(3)4)41(36)45-39-21-12-11-20-38(39)44-43(45)35-19-13-18-34-33-23-22-31(26-40(33)46-42(34)35)29-14-7-5-8-15-29;1-12-5-7-13(8-6-12)15-10-9-14(11-17-15)16(2,3)4;/h5-18,20-28H,1-4H3;5-7,9-11H,1-4H3;/q2*-1;/i27D,28D;1D3,5D,6D;. The Morgan fingerprint density at radius 2 is 1.38 bits per heavy atom. The zero-order valence-electron chi connectivity index (χ0n) is 44.0. The van der Waals surface area contributed by atoms with E-state index >= 15 is 0 Å². The molecular formula is C58H53GeIrN3O-2. The minimum atomic E-state index is -2.47. The largest absolute Gasteiger partial charge is 0 e. The summed E-state index contributed by atoms with van der Waals surface area (Å²) in [5.74, 6) is 5.50. The van der Waals surface area contributed by atoms with Crippen molar-refractivity contribution in [3.05, 3.63) is 193 Å². The smallest absolute Gasteiger partial charge is 0 e. The molecule has 0 saturated heterocycles. The molecule has 7 aromatic carbocycles. The Hall–Kier alpha value is -5.85. The molecule has 0 spiro atoms. The summed E-state index contributed by atoms with van der Waals surface area (Å²) in [4.78, 5) is 9.62. The van der Waals surface area contributed by atoms with E-state index in [0.717, 1.165) is 72.0 Å². The molecule has 0 saturated carbocycles. The molecule has 3 aromatic heterocycles. The summed E-state index contributed by atoms with van der Waals surface area (Å²) < 4.78 is 66.9. The fourth-order valence-corrected chi connectivity index (χ4v) is 10.2. The number of benzene rings is 7. The summed E-state index contributed by atoms with van der Waals surface area (Å²) in [5.41, 5.74) is 11.4. The Morgan fingerprint density at radius 3 is 2.00 bits per heavy atom. The van der Waals surface area contributed by atoms with E-state index in [-0.39, 0.29) is 37.8 Å². The van der Waals surface area contributed by atoms with Crippen LogP contribution >= 0.6 is 0 Å². The van der Waals surface area contributed by atoms with E-state index in [4.69, 9.17) is 16.3 Å². The Labute approximate surface area is 404 Å². The zero-order valence-corrected chi connectivity index (χ0v) is 41.5. The third kappa shape index (κ3) is 8.95. The molecule has 3 heterocycles. The topological polar surface area (TPSA) is 43.9 Å². The number of imidazole rings is 1. The molecule has 4 nitrogen and oxygen atoms in total. The van der Waals surface area contributed by atoms with Gasteiger partial charge in [0, 0.05) is 33.9 Å². The van der Waals surface area contributed by atoms with Gasteiger partial charge in [0.25, 0.3) is 0 Å². The van der Waals surface area contributed by atoms with E-state index in [2.05, 4.69) is 99.6 Å². The molecule has 1 radical (unpaired) electrons. The van der Waals surface area contributed by atoms with Gasteiger partial charge in [0.15, 0.2) is 0 Å². The minimum Gasteiger partial charge on any atom is 0 e. The van der Waals surface area contributed by atoms with Crippen molar-refractivity contribution in [1.82, 2.24) is 14.5 Å². The molecule has 10 rings (SSSR count). The molecule has 321 valence electrons. The van der Waals surface area contributed by atoms with Gasteiger partial charge < -0.3 is 8.98 Å². The summed E-state index contributed by atoms with van der Waals surface area (Å²) >= 11 is -1.93. The van der Waals surface area contributed by atoms with E-state index in [1.165, 1.54) is 10.5 Å². The predicted molar refractivity (Wildman–Crippen MR) is 268 cm³/mol. The van der Waals surface area contributed by atoms with Crippen molar-refractivity contribution in [1.29, 1.82) is 0 Å². The summed E-state index contributed by atoms with van der Waals surface area (Å²) in [6, 6.07) is 54.2. The average molecular weight is 1080 g/mol. The summed E-state index contributed by atoms with van der Waals surface area (Å²) in [6.45, 7) is 5.18. The van der Waals surface area contributed by atoms with Crippen LogP contribution in [0.5, 0.6) is 0 Å². The quantitative estimate of drug-likeness (QED) is 0.112. The number of fused-ring (bicyclic) bond motifs is 4. The zero-order chi connectivity index (χ0) is 49.9. The van der Waals surface area contributed by atoms with Crippen LogP contribution in [0.3, 0.4) is 0 Å². The van der Waals surface area contributed by atoms with Crippen molar-refractivity contribution in [2.45, 2.75) is 63.6 Å². The molecule has 0 unspecified atom stereocenters. The molecular weight excluding hydrogens is 1020 g/mol. The number of para-hydroxylation sites is 2. The Morgan fingerprint density at radius 1 is 0.703 bits per heavy atom. The molecule has 6 heteroatoms. The summed E-state index contributed by atoms with van der Waals surface area (Å²) in [6.07, 6.45) is 1.84. The van der Waals surface area contributed by atoms with E-state index in [1.807, 2.05) is 113 Å². The molecule has 0 atom stereocenters. The van der Waals surface area contributed by atoms with Crippen LogP contribution in [0.15, 0.2) is 168 Å². The van der Waals surface area contributed by atoms with Crippen molar-refractivity contribution >= 4 is 50.6 Å². The molecule has 64 heavy (non-hydrogen) atoms. The van der Waals surface area contributed by atoms with Crippen LogP contribution < -0.4 is 4.40 Å². The number of nitrogens with zero attached hydrogens (tertiary/aromatic N) is 3. The van der Waals surface area contributed by atoms with Crippen molar-refractivity contribution in [3.8, 4) is 50.6 Å². The molecule has 0 fully saturated rings. The number of pyridine rings is 1. The van der Waals surface area contributed by atoms with Gasteiger partial charge in [0.2, 0.25) is 0 Å². The van der Waals surface area contributed by atoms with Crippen molar-refractivity contribution in [3.63, 3.8) is 0 Å². The van der Waals surface area contributed by atoms with Crippen LogP contribution in [-0.4, -0.2) is 27.8 Å². The maximum Gasteiger partial charge on any atom is 0 e. The van der Waals surface area contributed by atoms with Gasteiger partial charge in [-0.1, -0.05) is 124 Å². The first-order valence-electron chi connectivity index (χ1n) is 24.7. The fraction of sp³-hybridized carbons (Fsp3) is 0.172. The third-order valence-electron chi connectivity index (χ3n) is 11.4. The van der Waals surface area contributed by atoms with E-state index in [9.17, 15) is 2.74 Å². The van der Waals surface area contributed by atoms with Gasteiger partial charge in [0.1, 0.15) is 5.58 Å². The first-order valence-corrected chi connectivity index (χ1v) is 28.6. The Balaban J connectivity index is 0.000000248. The molecule has 0 aliphatic heterocycles. The average Bonchev–Trinajstić information content (AvgIpc) is 3.89. The van der Waals surface area contributed by atoms with Gasteiger partial charge in [-0.3, -0.25) is 4.98 Å². The second-order valence-electron chi connectivity index (χ2n) is 17.3. The van der Waals surface area contributed by atoms with Gasteiger partial charge in [-0.2, -0.15) is 0 Å². The Bertz CT molecular complexity index is 3500. The number of furan rings is 1. The first-order chi connectivity index (χ1) is 33.1. The predicted octanol–water partition coefficient (Wildman–Crippen LogP) is 15.4. The van der Waals surface area contributed by atoms with Gasteiger partial charge in [0.05, 0.1) is 22.4 Å². The molecule has 0 aliphatic carbocycles. The number of aromatic nitrogens is 3. The van der Waals surface area contributed by atoms with Gasteiger partial charge in [-0.25, -0.2) is 0 Å². The van der Waals surface area contributed by atoms with E-state index in [0.29, 0.717) is 22.7 Å². The Kier molecular flexibility index (Phi) is 10.7. The van der Waals surface area contributed by atoms with E-state index in [1.54, 1.807) is 0 Å². The third-order valence-corrected chi connectivity index (χ3v) is 15.7. The minimum absolute atomic E-state index is 0. The maximum atomic E-state index is 9.43. The van der Waals surface area contributed by atoms with Crippen molar-refractivity contribution in [2.75, 3.05) is 0 Å². The first kappa shape index (κ1) is 36.5. The maximum absolute atomic E-state index is 9.43. The number of hydrogen-bond donors (Lipinski definition) is 0. The van der Waals surface area contributed by atoms with Crippen LogP contribution in [0.1, 0.15) is 65.8 Å². The molecule has 0 bridgehead atoms. The molecule has 10 aromatic rings. The van der Waals surface area contributed by atoms with Gasteiger partial charge in [-0.05, 0) is 75.5 Å². The van der Waals surface area contributed by atoms with E-state index < -0.39 is 31.9 Å². The summed E-state index contributed by atoms with van der Waals surface area (Å²) in [7, 11) is 0. The van der Waals surface area contributed by atoms with Crippen LogP contribution in [0.25, 0.3) is 83.6 Å². The molecule has 0 amide bonds. The SMILES string of the molecule is [2H]C(C)(C)c1cc(-c2ccccc2)cc(C([2H])(C)C)c1-n1c(-c2[c-]ccc3c2oc2cc(-c4ccccc4)ccc23)nc2ccccc21.[2H]c1[c-]c(-c2cc[c]([Ge]([CH3])([CH3])[CH3])cn2)cc([2H])c1C([2H])([2H])[2H].[Ir]. The molecule has 0 aliphatic rings. The van der Waals surface area contributed by atoms with Crippen molar-refractivity contribution in [2.24, 2.45) is 0 Å². The fourth-order valence-electron chi connectivity index (χ4n) is 8.05. The van der Waals surface area contributed by atoms with Crippen LogP contribution in [0.2, 0.25) is 17.3 Å². The second-order valence-corrected chi connectivity index (χ2v) is 28.0. The normalized spacial score (nSPS) is 13.7. The van der Waals surface area contributed by atoms with Gasteiger partial charge in [-0.15, -0.1) is 18.2 Å². The van der Waals surface area contributed by atoms with Crippen LogP contribution in [0.4, 0.5) is 0 Å².